The third-order valence-corrected chi connectivity index (χ3v) is 4.50. The first-order valence-corrected chi connectivity index (χ1v) is 9.94. The first kappa shape index (κ1) is 21.8. The van der Waals surface area contributed by atoms with E-state index >= 15 is 0 Å². The number of amides is 1. The zero-order valence-corrected chi connectivity index (χ0v) is 16.2. The van der Waals surface area contributed by atoms with Crippen LogP contribution in [0, 0.1) is 0 Å². The number of carbonyl (C=O) groups excluding carboxylic acids is 1. The highest BCUT2D eigenvalue weighted by Gasteiger charge is 2.24. The number of nitrogens with one attached hydrogen (secondary N) is 1. The maximum absolute atomic E-state index is 12.3. The van der Waals surface area contributed by atoms with E-state index in [1.165, 1.54) is 4.90 Å². The van der Waals surface area contributed by atoms with E-state index in [1.807, 2.05) is 13.8 Å². The molecule has 1 rings (SSSR count). The minimum absolute atomic E-state index is 0.00276. The van der Waals surface area contributed by atoms with Gasteiger partial charge >= 0.3 is 5.97 Å². The van der Waals surface area contributed by atoms with Crippen LogP contribution < -0.4 is 9.46 Å². The van der Waals surface area contributed by atoms with Crippen molar-refractivity contribution in [3.05, 3.63) is 24.3 Å². The van der Waals surface area contributed by atoms with E-state index in [0.29, 0.717) is 11.4 Å². The van der Waals surface area contributed by atoms with Crippen molar-refractivity contribution in [2.75, 3.05) is 17.0 Å². The van der Waals surface area contributed by atoms with Gasteiger partial charge in [0.1, 0.15) is 11.5 Å². The lowest BCUT2D eigenvalue weighted by Crippen LogP contribution is -2.42. The molecule has 1 aromatic carbocycles. The second kappa shape index (κ2) is 9.42. The fraction of sp³-hybridized carbons (Fsp3) is 0.529. The van der Waals surface area contributed by atoms with Crippen LogP contribution in [0.15, 0.2) is 24.3 Å². The molecule has 0 spiro atoms. The van der Waals surface area contributed by atoms with Gasteiger partial charge in [-0.15, -0.1) is 0 Å². The highest BCUT2D eigenvalue weighted by molar-refractivity contribution is 7.93. The third-order valence-electron chi connectivity index (χ3n) is 3.32. The normalized spacial score (nSPS) is 11.5. The lowest BCUT2D eigenvalue weighted by molar-refractivity contribution is -0.138. The predicted octanol–water partition coefficient (Wildman–Crippen LogP) is 1.93. The Balaban J connectivity index is 2.74. The molecule has 0 aliphatic carbocycles. The van der Waals surface area contributed by atoms with Crippen LogP contribution in [-0.2, 0) is 19.6 Å². The number of hydrogen-bond donors (Lipinski definition) is 2. The van der Waals surface area contributed by atoms with Gasteiger partial charge in [-0.1, -0.05) is 0 Å². The van der Waals surface area contributed by atoms with E-state index in [9.17, 15) is 18.0 Å². The molecule has 0 atom stereocenters. The second-order valence-electron chi connectivity index (χ2n) is 6.38. The summed E-state index contributed by atoms with van der Waals surface area (Å²) in [5.74, 6) is -1.84. The van der Waals surface area contributed by atoms with E-state index < -0.39 is 27.7 Å². The molecule has 2 N–H and O–H groups in total. The number of aliphatic carboxylic acids is 1. The van der Waals surface area contributed by atoms with Crippen molar-refractivity contribution in [1.29, 1.82) is 0 Å². The number of rotatable bonds is 10. The Kier molecular flexibility index (Phi) is 7.88. The number of sulfonamides is 1. The summed E-state index contributed by atoms with van der Waals surface area (Å²) in [6.45, 7) is 7.13. The van der Waals surface area contributed by atoms with Crippen LogP contribution in [0.3, 0.4) is 0 Å². The minimum atomic E-state index is -3.92. The molecule has 0 bridgehead atoms. The molecule has 8 nitrogen and oxygen atoms in total. The predicted molar refractivity (Wildman–Crippen MR) is 98.7 cm³/mol. The number of anilines is 1. The maximum atomic E-state index is 12.3. The van der Waals surface area contributed by atoms with E-state index in [1.54, 1.807) is 38.1 Å². The summed E-state index contributed by atoms with van der Waals surface area (Å²) in [5.41, 5.74) is 0.315. The van der Waals surface area contributed by atoms with Crippen LogP contribution in [0.5, 0.6) is 5.75 Å². The molecule has 0 aliphatic rings. The molecule has 146 valence electrons. The number of nitrogens with zero attached hydrogens (tertiary/aromatic N) is 1. The lowest BCUT2D eigenvalue weighted by atomic mass is 10.3. The summed E-state index contributed by atoms with van der Waals surface area (Å²) in [6, 6.07) is 6.05. The van der Waals surface area contributed by atoms with E-state index in [0.717, 1.165) is 0 Å². The summed E-state index contributed by atoms with van der Waals surface area (Å²) in [5, 5.41) is 8.75. The van der Waals surface area contributed by atoms with Gasteiger partial charge in [0.25, 0.3) is 0 Å². The van der Waals surface area contributed by atoms with Crippen molar-refractivity contribution in [1.82, 2.24) is 4.90 Å². The van der Waals surface area contributed by atoms with Gasteiger partial charge in [0.05, 0.1) is 12.5 Å². The Bertz CT molecular complexity index is 713. The number of ether oxygens (including phenoxy) is 1. The van der Waals surface area contributed by atoms with Gasteiger partial charge in [0.15, 0.2) is 0 Å². The van der Waals surface area contributed by atoms with Gasteiger partial charge in [0.2, 0.25) is 15.9 Å². The Morgan fingerprint density at radius 2 is 1.73 bits per heavy atom. The third kappa shape index (κ3) is 7.73. The highest BCUT2D eigenvalue weighted by atomic mass is 32.2. The molecule has 0 aromatic heterocycles. The van der Waals surface area contributed by atoms with Gasteiger partial charge in [-0.05, 0) is 52.0 Å². The van der Waals surface area contributed by atoms with Crippen molar-refractivity contribution in [3.8, 4) is 5.75 Å². The van der Waals surface area contributed by atoms with Gasteiger partial charge < -0.3 is 14.7 Å². The second-order valence-corrected chi connectivity index (χ2v) is 8.10. The van der Waals surface area contributed by atoms with Crippen LogP contribution in [0.2, 0.25) is 0 Å². The smallest absolute Gasteiger partial charge is 0.305 e. The monoisotopic (exact) mass is 386 g/mol. The minimum Gasteiger partial charge on any atom is -0.491 e. The molecule has 1 aromatic rings. The average Bonchev–Trinajstić information content (AvgIpc) is 2.47. The number of carbonyl (C=O) groups is 2. The zero-order chi connectivity index (χ0) is 19.9. The van der Waals surface area contributed by atoms with Crippen molar-refractivity contribution in [2.24, 2.45) is 0 Å². The molecule has 26 heavy (non-hydrogen) atoms. The fourth-order valence-electron chi connectivity index (χ4n) is 2.22. The van der Waals surface area contributed by atoms with Gasteiger partial charge in [0, 0.05) is 18.3 Å². The summed E-state index contributed by atoms with van der Waals surface area (Å²) in [4.78, 5) is 24.2. The van der Waals surface area contributed by atoms with E-state index in [-0.39, 0.29) is 25.1 Å². The Hall–Kier alpha value is -2.29. The van der Waals surface area contributed by atoms with Crippen LogP contribution in [0.4, 0.5) is 5.69 Å². The highest BCUT2D eigenvalue weighted by Crippen LogP contribution is 2.18. The van der Waals surface area contributed by atoms with E-state index in [4.69, 9.17) is 9.84 Å². The number of benzene rings is 1. The fourth-order valence-corrected chi connectivity index (χ4v) is 3.28. The molecule has 1 amide bonds. The largest absolute Gasteiger partial charge is 0.491 e. The molecule has 0 radical (unpaired) electrons. The summed E-state index contributed by atoms with van der Waals surface area (Å²) in [7, 11) is -3.92. The van der Waals surface area contributed by atoms with Crippen molar-refractivity contribution in [3.63, 3.8) is 0 Å². The van der Waals surface area contributed by atoms with Crippen molar-refractivity contribution < 1.29 is 27.9 Å². The van der Waals surface area contributed by atoms with Gasteiger partial charge in [-0.25, -0.2) is 8.42 Å². The molecule has 0 saturated heterocycles. The summed E-state index contributed by atoms with van der Waals surface area (Å²) < 4.78 is 32.3. The first-order chi connectivity index (χ1) is 12.0. The van der Waals surface area contributed by atoms with Crippen LogP contribution in [0.25, 0.3) is 0 Å². The molecule has 0 aliphatic heterocycles. The molecule has 0 unspecified atom stereocenters. The Labute approximate surface area is 154 Å². The number of hydrogen-bond acceptors (Lipinski definition) is 5. The van der Waals surface area contributed by atoms with Gasteiger partial charge in [-0.3, -0.25) is 14.3 Å². The molecular weight excluding hydrogens is 360 g/mol. The topological polar surface area (TPSA) is 113 Å². The summed E-state index contributed by atoms with van der Waals surface area (Å²) in [6.07, 6.45) is -0.239. The molecular formula is C17H26N2O6S. The van der Waals surface area contributed by atoms with Crippen LogP contribution in [-0.4, -0.2) is 54.7 Å². The van der Waals surface area contributed by atoms with E-state index in [2.05, 4.69) is 4.72 Å². The lowest BCUT2D eigenvalue weighted by Gasteiger charge is -2.26. The standard InChI is InChI=1S/C17H26N2O6S/c1-12(2)19(10-9-17(21)22)16(20)11-26(23,24)18-14-5-7-15(8-6-14)25-13(3)4/h5-8,12-13,18H,9-11H2,1-4H3,(H,21,22). The quantitative estimate of drug-likeness (QED) is 0.635. The molecule has 0 heterocycles. The van der Waals surface area contributed by atoms with Crippen LogP contribution >= 0.6 is 0 Å². The van der Waals surface area contributed by atoms with Crippen molar-refractivity contribution in [2.45, 2.75) is 46.3 Å². The number of carboxylic acid groups (broad SMARTS) is 1. The summed E-state index contributed by atoms with van der Waals surface area (Å²) >= 11 is 0. The molecule has 0 fully saturated rings. The SMILES string of the molecule is CC(C)Oc1ccc(NS(=O)(=O)CC(=O)N(CCC(=O)O)C(C)C)cc1. The van der Waals surface area contributed by atoms with Gasteiger partial charge in [-0.2, -0.15) is 0 Å². The first-order valence-electron chi connectivity index (χ1n) is 8.28. The molecule has 0 saturated carbocycles. The Morgan fingerprint density at radius 1 is 1.15 bits per heavy atom. The maximum Gasteiger partial charge on any atom is 0.305 e. The zero-order valence-electron chi connectivity index (χ0n) is 15.4. The molecule has 9 heteroatoms. The van der Waals surface area contributed by atoms with Crippen molar-refractivity contribution >= 4 is 27.6 Å². The number of carboxylic acids is 1. The Morgan fingerprint density at radius 3 is 2.19 bits per heavy atom. The average molecular weight is 386 g/mol. The van der Waals surface area contributed by atoms with Crippen LogP contribution in [0.1, 0.15) is 34.1 Å².